The first-order chi connectivity index (χ1) is 22.3. The van der Waals surface area contributed by atoms with E-state index in [0.717, 1.165) is 35.5 Å². The fourth-order valence-electron chi connectivity index (χ4n) is 4.67. The molecule has 0 N–H and O–H groups in total. The maximum Gasteiger partial charge on any atom is 1.00 e. The van der Waals surface area contributed by atoms with Gasteiger partial charge in [0.1, 0.15) is 0 Å². The van der Waals surface area contributed by atoms with Crippen molar-refractivity contribution in [2.24, 2.45) is 0 Å². The minimum atomic E-state index is -5.16. The minimum absolute atomic E-state index is 0. The van der Waals surface area contributed by atoms with Crippen LogP contribution in [0.3, 0.4) is 0 Å². The van der Waals surface area contributed by atoms with Crippen molar-refractivity contribution in [1.82, 2.24) is 9.97 Å². The average Bonchev–Trinajstić information content (AvgIpc) is 2.99. The van der Waals surface area contributed by atoms with E-state index < -0.39 is 65.7 Å². The molecule has 18 heteroatoms. The summed E-state index contributed by atoms with van der Waals surface area (Å²) in [4.78, 5) is 33.9. The zero-order chi connectivity index (χ0) is 35.9. The van der Waals surface area contributed by atoms with Crippen LogP contribution >= 0.6 is 0 Å². The van der Waals surface area contributed by atoms with E-state index in [1.807, 2.05) is 0 Å². The molecule has 0 bridgehead atoms. The van der Waals surface area contributed by atoms with Gasteiger partial charge in [0.15, 0.2) is 5.75 Å². The van der Waals surface area contributed by atoms with Crippen LogP contribution < -0.4 is 49.2 Å². The molecule has 0 saturated heterocycles. The maximum atomic E-state index is 13.8. The summed E-state index contributed by atoms with van der Waals surface area (Å²) in [6, 6.07) is 3.48. The number of amides is 1. The van der Waals surface area contributed by atoms with Crippen LogP contribution in [0, 0.1) is 0 Å². The number of nitrogens with zero attached hydrogens (tertiary/aromatic N) is 4. The molecule has 0 fully saturated rings. The Morgan fingerprint density at radius 3 is 1.86 bits per heavy atom. The van der Waals surface area contributed by atoms with E-state index in [2.05, 4.69) is 9.97 Å². The Kier molecular flexibility index (Phi) is 14.8. The molecule has 1 heterocycles. The third-order valence-corrected chi connectivity index (χ3v) is 6.85. The summed E-state index contributed by atoms with van der Waals surface area (Å²) in [6.07, 6.45) is -12.7. The Morgan fingerprint density at radius 2 is 1.37 bits per heavy atom. The van der Waals surface area contributed by atoms with E-state index in [0.29, 0.717) is 18.6 Å². The van der Waals surface area contributed by atoms with Crippen molar-refractivity contribution in [3.05, 3.63) is 76.6 Å². The summed E-state index contributed by atoms with van der Waals surface area (Å²) in [5, 5.41) is 10.6. The first-order valence-corrected chi connectivity index (χ1v) is 14.5. The fourth-order valence-corrected chi connectivity index (χ4v) is 4.67. The van der Waals surface area contributed by atoms with Gasteiger partial charge in [-0.2, -0.15) is 39.5 Å². The third-order valence-electron chi connectivity index (χ3n) is 6.85. The second-order valence-electron chi connectivity index (χ2n) is 10.5. The molecule has 0 unspecified atom stereocenters. The van der Waals surface area contributed by atoms with Gasteiger partial charge < -0.3 is 24.4 Å². The molecule has 0 spiro atoms. The van der Waals surface area contributed by atoms with E-state index in [1.165, 1.54) is 4.90 Å². The van der Waals surface area contributed by atoms with Crippen molar-refractivity contribution in [3.63, 3.8) is 0 Å². The van der Waals surface area contributed by atoms with Crippen LogP contribution in [-0.2, 0) is 41.2 Å². The first kappa shape index (κ1) is 41.6. The fraction of sp³-hybridized carbons (Fsp3) is 0.419. The van der Waals surface area contributed by atoms with Gasteiger partial charge in [-0.3, -0.25) is 4.79 Å². The second-order valence-corrected chi connectivity index (χ2v) is 10.5. The number of aliphatic carboxylic acids is 1. The van der Waals surface area contributed by atoms with E-state index in [1.54, 1.807) is 13.8 Å². The predicted molar refractivity (Wildman–Crippen MR) is 152 cm³/mol. The van der Waals surface area contributed by atoms with Crippen LogP contribution in [0.5, 0.6) is 5.75 Å². The summed E-state index contributed by atoms with van der Waals surface area (Å²) in [6.45, 7) is 1.95. The van der Waals surface area contributed by atoms with Crippen LogP contribution in [0.2, 0.25) is 0 Å². The molecule has 0 atom stereocenters. The molecule has 1 amide bonds. The summed E-state index contributed by atoms with van der Waals surface area (Å²) < 4.78 is 129. The number of alkyl halides is 9. The normalized spacial score (nSPS) is 11.9. The summed E-state index contributed by atoms with van der Waals surface area (Å²) in [7, 11) is 0. The van der Waals surface area contributed by atoms with Crippen LogP contribution in [0.4, 0.5) is 51.1 Å². The number of hydrogen-bond donors (Lipinski definition) is 0. The molecule has 0 aliphatic heterocycles. The number of carboxylic acids is 1. The van der Waals surface area contributed by atoms with Gasteiger partial charge in [0, 0.05) is 37.7 Å². The van der Waals surface area contributed by atoms with E-state index >= 15 is 0 Å². The van der Waals surface area contributed by atoms with Crippen molar-refractivity contribution < 1.29 is 88.5 Å². The van der Waals surface area contributed by atoms with Crippen molar-refractivity contribution in [3.8, 4) is 5.75 Å². The first-order valence-electron chi connectivity index (χ1n) is 14.5. The molecule has 1 aromatic heterocycles. The molecule has 0 aliphatic rings. The number of anilines is 2. The van der Waals surface area contributed by atoms with Gasteiger partial charge >= 0.3 is 48.1 Å². The molecule has 2 aromatic carbocycles. The predicted octanol–water partition coefficient (Wildman–Crippen LogP) is 3.81. The number of ether oxygens (including phenoxy) is 1. The third kappa shape index (κ3) is 12.1. The second kappa shape index (κ2) is 17.4. The molecule has 8 nitrogen and oxygen atoms in total. The Morgan fingerprint density at radius 1 is 0.796 bits per heavy atom. The van der Waals surface area contributed by atoms with Crippen molar-refractivity contribution in [1.29, 1.82) is 0 Å². The van der Waals surface area contributed by atoms with Crippen molar-refractivity contribution >= 4 is 23.5 Å². The molecule has 0 saturated carbocycles. The average molecular weight is 717 g/mol. The Balaban J connectivity index is 0.00000833. The van der Waals surface area contributed by atoms with E-state index in [9.17, 15) is 54.2 Å². The van der Waals surface area contributed by atoms with Crippen LogP contribution in [0.1, 0.15) is 67.3 Å². The molecule has 3 rings (SSSR count). The SMILES string of the molecule is CCCC(=O)N(CC)c1ccc(C(F)(F)F)cc1CN(Cc1cc(C(F)(F)F)cc(C(F)(F)F)c1)c1ncc(OCCCC(=O)[O-])cn1.[Na+]. The standard InChI is InChI=1S/C31H31F9N4O4.Na/c1-3-6-26(45)44(4-2)25-9-8-21(29(32,33)34)13-20(25)18-43(28-41-15-24(16-42-28)48-10-5-7-27(46)47)17-19-11-22(30(35,36)37)14-23(12-19)31(38,39)40;/h8-9,11-16H,3-7,10,17-18H2,1-2H3,(H,46,47);/q;+1/p-1. The van der Waals surface area contributed by atoms with E-state index in [-0.39, 0.29) is 91.0 Å². The van der Waals surface area contributed by atoms with Gasteiger partial charge in [0.2, 0.25) is 11.9 Å². The summed E-state index contributed by atoms with van der Waals surface area (Å²) in [5.41, 5.74) is -4.91. The maximum absolute atomic E-state index is 13.8. The smallest absolute Gasteiger partial charge is 0.550 e. The van der Waals surface area contributed by atoms with Crippen molar-refractivity contribution in [2.75, 3.05) is 23.0 Å². The van der Waals surface area contributed by atoms with Crippen LogP contribution in [0.25, 0.3) is 0 Å². The Hall–Kier alpha value is -3.57. The Bertz CT molecular complexity index is 1530. The minimum Gasteiger partial charge on any atom is -0.550 e. The van der Waals surface area contributed by atoms with Gasteiger partial charge in [-0.15, -0.1) is 0 Å². The molecular weight excluding hydrogens is 686 g/mol. The quantitative estimate of drug-likeness (QED) is 0.142. The van der Waals surface area contributed by atoms with Gasteiger partial charge in [0.25, 0.3) is 0 Å². The van der Waals surface area contributed by atoms with E-state index in [4.69, 9.17) is 4.74 Å². The number of carboxylic acid groups (broad SMARTS) is 1. The number of aromatic nitrogens is 2. The number of halogens is 9. The molecule has 49 heavy (non-hydrogen) atoms. The Labute approximate surface area is 297 Å². The molecular formula is C31H30F9N4NaO4. The van der Waals surface area contributed by atoms with Crippen molar-refractivity contribution in [2.45, 2.75) is 71.1 Å². The molecule has 3 aromatic rings. The van der Waals surface area contributed by atoms with Gasteiger partial charge in [-0.1, -0.05) is 6.92 Å². The molecule has 262 valence electrons. The van der Waals surface area contributed by atoms with Crippen LogP contribution in [-0.4, -0.2) is 35.0 Å². The number of carbonyl (C=O) groups excluding carboxylic acids is 2. The number of benzene rings is 2. The number of rotatable bonds is 14. The topological polar surface area (TPSA) is 98.7 Å². The van der Waals surface area contributed by atoms with Gasteiger partial charge in [0.05, 0.1) is 35.7 Å². The largest absolute Gasteiger partial charge is 1.00 e. The summed E-state index contributed by atoms with van der Waals surface area (Å²) >= 11 is 0. The van der Waals surface area contributed by atoms with Gasteiger partial charge in [-0.05, 0) is 73.7 Å². The van der Waals surface area contributed by atoms with Crippen LogP contribution in [0.15, 0.2) is 48.8 Å². The molecule has 0 radical (unpaired) electrons. The number of carbonyl (C=O) groups is 2. The zero-order valence-corrected chi connectivity index (χ0v) is 28.6. The van der Waals surface area contributed by atoms with Gasteiger partial charge in [-0.25, -0.2) is 9.97 Å². The summed E-state index contributed by atoms with van der Waals surface area (Å²) in [5.74, 6) is -2.01. The molecule has 0 aliphatic carbocycles. The monoisotopic (exact) mass is 716 g/mol. The number of hydrogen-bond acceptors (Lipinski definition) is 7. The zero-order valence-electron chi connectivity index (χ0n) is 26.6.